The average Bonchev–Trinajstić information content (AvgIpc) is 3.26. The van der Waals surface area contributed by atoms with Crippen molar-refractivity contribution in [3.63, 3.8) is 0 Å². The van der Waals surface area contributed by atoms with Gasteiger partial charge in [-0.3, -0.25) is 0 Å². The molecule has 0 unspecified atom stereocenters. The van der Waals surface area contributed by atoms with E-state index in [0.717, 1.165) is 5.56 Å². The Morgan fingerprint density at radius 1 is 1.00 bits per heavy atom. The molecule has 2 aromatic rings. The highest BCUT2D eigenvalue weighted by Crippen LogP contribution is 2.63. The molecule has 24 heavy (non-hydrogen) atoms. The second-order valence-corrected chi connectivity index (χ2v) is 8.43. The van der Waals surface area contributed by atoms with Gasteiger partial charge in [-0.05, 0) is 36.8 Å². The van der Waals surface area contributed by atoms with Gasteiger partial charge in [0.15, 0.2) is 9.84 Å². The van der Waals surface area contributed by atoms with Gasteiger partial charge in [-0.1, -0.05) is 29.8 Å². The van der Waals surface area contributed by atoms with Crippen LogP contribution in [0.5, 0.6) is 0 Å². The van der Waals surface area contributed by atoms with Gasteiger partial charge in [0.1, 0.15) is 5.82 Å². The van der Waals surface area contributed by atoms with Gasteiger partial charge < -0.3 is 10.2 Å². The number of sulfone groups is 1. The van der Waals surface area contributed by atoms with Crippen LogP contribution < -0.4 is 0 Å². The van der Waals surface area contributed by atoms with Crippen molar-refractivity contribution in [3.8, 4) is 0 Å². The van der Waals surface area contributed by atoms with E-state index in [2.05, 4.69) is 0 Å². The number of hydrogen-bond acceptors (Lipinski definition) is 4. The Bertz CT molecular complexity index is 824. The summed E-state index contributed by atoms with van der Waals surface area (Å²) in [4.78, 5) is 0.161. The maximum atomic E-state index is 13.1. The summed E-state index contributed by atoms with van der Waals surface area (Å²) < 4.78 is 39.1. The molecule has 0 amide bonds. The van der Waals surface area contributed by atoms with Crippen molar-refractivity contribution >= 4 is 9.84 Å². The van der Waals surface area contributed by atoms with Crippen molar-refractivity contribution in [3.05, 3.63) is 65.5 Å². The topological polar surface area (TPSA) is 74.6 Å². The van der Waals surface area contributed by atoms with Crippen molar-refractivity contribution in [1.29, 1.82) is 0 Å². The quantitative estimate of drug-likeness (QED) is 0.865. The summed E-state index contributed by atoms with van der Waals surface area (Å²) in [6.07, 6.45) is 0. The number of halogens is 1. The molecular formula is C18H19FO4S. The third-order valence-corrected chi connectivity index (χ3v) is 7.22. The van der Waals surface area contributed by atoms with Crippen LogP contribution in [-0.2, 0) is 9.84 Å². The maximum absolute atomic E-state index is 13.1. The molecule has 2 atom stereocenters. The van der Waals surface area contributed by atoms with Crippen molar-refractivity contribution in [2.75, 3.05) is 13.2 Å². The molecule has 1 fully saturated rings. The molecule has 2 N–H and O–H groups in total. The van der Waals surface area contributed by atoms with E-state index < -0.39 is 45.5 Å². The van der Waals surface area contributed by atoms with Crippen LogP contribution in [0.2, 0.25) is 0 Å². The highest BCUT2D eigenvalue weighted by Gasteiger charge is 2.70. The monoisotopic (exact) mass is 350 g/mol. The number of aliphatic hydroxyl groups is 2. The van der Waals surface area contributed by atoms with Crippen LogP contribution in [0.15, 0.2) is 53.4 Å². The molecule has 6 heteroatoms. The summed E-state index contributed by atoms with van der Waals surface area (Å²) in [5, 5.41) is 18.6. The smallest absolute Gasteiger partial charge is 0.182 e. The fourth-order valence-electron chi connectivity index (χ4n) is 3.42. The maximum Gasteiger partial charge on any atom is 0.182 e. The van der Waals surface area contributed by atoms with E-state index in [1.807, 2.05) is 6.92 Å². The standard InChI is InChI=1S/C18H19FO4S/c1-12-2-8-15(9-3-12)24(22,23)17-16(18(17,10-20)11-21)13-4-6-14(19)7-5-13/h2-9,16-17,20-21H,10-11H2,1H3/t16-,17+/m0/s1. The molecule has 128 valence electrons. The van der Waals surface area contributed by atoms with Gasteiger partial charge in [0.2, 0.25) is 0 Å². The van der Waals surface area contributed by atoms with Gasteiger partial charge >= 0.3 is 0 Å². The lowest BCUT2D eigenvalue weighted by Gasteiger charge is -2.11. The molecule has 0 saturated heterocycles. The molecule has 1 aliphatic carbocycles. The van der Waals surface area contributed by atoms with Crippen LogP contribution in [0.4, 0.5) is 4.39 Å². The van der Waals surface area contributed by atoms with Crippen molar-refractivity contribution in [1.82, 2.24) is 0 Å². The molecular weight excluding hydrogens is 331 g/mol. The van der Waals surface area contributed by atoms with Crippen molar-refractivity contribution in [2.45, 2.75) is 23.0 Å². The Morgan fingerprint density at radius 2 is 1.54 bits per heavy atom. The molecule has 0 bridgehead atoms. The lowest BCUT2D eigenvalue weighted by atomic mass is 10.0. The molecule has 2 aromatic carbocycles. The van der Waals surface area contributed by atoms with Crippen molar-refractivity contribution < 1.29 is 23.0 Å². The lowest BCUT2D eigenvalue weighted by molar-refractivity contribution is 0.130. The van der Waals surface area contributed by atoms with E-state index >= 15 is 0 Å². The summed E-state index contributed by atoms with van der Waals surface area (Å²) in [6, 6.07) is 12.0. The second-order valence-electron chi connectivity index (χ2n) is 6.36. The Labute approximate surface area is 140 Å². The first-order valence-corrected chi connectivity index (χ1v) is 9.19. The van der Waals surface area contributed by atoms with E-state index in [4.69, 9.17) is 0 Å². The summed E-state index contributed by atoms with van der Waals surface area (Å²) in [6.45, 7) is 0.948. The minimum absolute atomic E-state index is 0.161. The summed E-state index contributed by atoms with van der Waals surface area (Å²) in [7, 11) is -3.74. The van der Waals surface area contributed by atoms with Crippen LogP contribution in [0.1, 0.15) is 17.0 Å². The van der Waals surface area contributed by atoms with Gasteiger partial charge in [-0.2, -0.15) is 0 Å². The third-order valence-electron chi connectivity index (χ3n) is 4.88. The first kappa shape index (κ1) is 17.1. The molecule has 1 aliphatic rings. The predicted octanol–water partition coefficient (Wildman–Crippen LogP) is 2.04. The normalized spacial score (nSPS) is 22.3. The Morgan fingerprint density at radius 3 is 2.04 bits per heavy atom. The van der Waals surface area contributed by atoms with Gasteiger partial charge in [0.25, 0.3) is 0 Å². The molecule has 3 rings (SSSR count). The molecule has 4 nitrogen and oxygen atoms in total. The Kier molecular flexibility index (Phi) is 4.23. The average molecular weight is 350 g/mol. The van der Waals surface area contributed by atoms with Gasteiger partial charge in [-0.15, -0.1) is 0 Å². The number of aliphatic hydroxyl groups excluding tert-OH is 2. The Hall–Kier alpha value is -1.76. The van der Waals surface area contributed by atoms with Gasteiger partial charge in [-0.25, -0.2) is 12.8 Å². The second kappa shape index (κ2) is 5.95. The zero-order valence-electron chi connectivity index (χ0n) is 13.2. The lowest BCUT2D eigenvalue weighted by Crippen LogP contribution is -2.23. The summed E-state index contributed by atoms with van der Waals surface area (Å²) in [5.74, 6) is -0.990. The molecule has 1 saturated carbocycles. The van der Waals surface area contributed by atoms with Crippen LogP contribution in [0.25, 0.3) is 0 Å². The van der Waals surface area contributed by atoms with Gasteiger partial charge in [0.05, 0.1) is 23.4 Å². The minimum Gasteiger partial charge on any atom is -0.396 e. The summed E-state index contributed by atoms with van der Waals surface area (Å²) in [5.41, 5.74) is 0.386. The largest absolute Gasteiger partial charge is 0.396 e. The molecule has 0 aromatic heterocycles. The first-order valence-electron chi connectivity index (χ1n) is 7.64. The zero-order valence-corrected chi connectivity index (χ0v) is 14.0. The number of rotatable bonds is 5. The zero-order chi connectivity index (χ0) is 17.5. The van der Waals surface area contributed by atoms with E-state index in [0.29, 0.717) is 5.56 Å². The number of aryl methyl sites for hydroxylation is 1. The molecule has 0 spiro atoms. The van der Waals surface area contributed by atoms with Gasteiger partial charge in [0, 0.05) is 11.3 Å². The third kappa shape index (κ3) is 2.55. The van der Waals surface area contributed by atoms with Crippen LogP contribution in [0, 0.1) is 18.2 Å². The van der Waals surface area contributed by atoms with E-state index in [1.165, 1.54) is 36.4 Å². The summed E-state index contributed by atoms with van der Waals surface area (Å²) >= 11 is 0. The number of benzene rings is 2. The molecule has 0 heterocycles. The van der Waals surface area contributed by atoms with E-state index in [9.17, 15) is 23.0 Å². The van der Waals surface area contributed by atoms with Crippen LogP contribution in [-0.4, -0.2) is 37.1 Å². The Balaban J connectivity index is 2.04. The highest BCUT2D eigenvalue weighted by molar-refractivity contribution is 7.92. The first-order chi connectivity index (χ1) is 11.4. The molecule has 0 radical (unpaired) electrons. The minimum atomic E-state index is -3.74. The molecule has 0 aliphatic heterocycles. The fraction of sp³-hybridized carbons (Fsp3) is 0.333. The van der Waals surface area contributed by atoms with Crippen LogP contribution >= 0.6 is 0 Å². The van der Waals surface area contributed by atoms with Crippen LogP contribution in [0.3, 0.4) is 0 Å². The van der Waals surface area contributed by atoms with E-state index in [1.54, 1.807) is 12.1 Å². The van der Waals surface area contributed by atoms with Crippen molar-refractivity contribution in [2.24, 2.45) is 5.41 Å². The predicted molar refractivity (Wildman–Crippen MR) is 87.9 cm³/mol. The SMILES string of the molecule is Cc1ccc(S(=O)(=O)[C@@H]2[C@H](c3ccc(F)cc3)C2(CO)CO)cc1. The number of hydrogen-bond donors (Lipinski definition) is 2. The highest BCUT2D eigenvalue weighted by atomic mass is 32.2. The fourth-order valence-corrected chi connectivity index (χ4v) is 5.85. The van der Waals surface area contributed by atoms with E-state index in [-0.39, 0.29) is 4.90 Å².